The standard InChI is InChI=1S/C14H20O2/c1-14(6-2-3-7-14)16-13(15)12-9-10-4-5-11(12)8-10/h4-5,10-12H,2-3,6-9H2,1H3/t10-,11-,12?/m1/s1. The number of ether oxygens (including phenoxy) is 1. The van der Waals surface area contributed by atoms with Gasteiger partial charge >= 0.3 is 5.97 Å². The molecule has 3 rings (SSSR count). The van der Waals surface area contributed by atoms with E-state index in [1.807, 2.05) is 0 Å². The molecule has 0 radical (unpaired) electrons. The maximum Gasteiger partial charge on any atom is 0.310 e. The summed E-state index contributed by atoms with van der Waals surface area (Å²) in [6.45, 7) is 2.10. The predicted molar refractivity (Wildman–Crippen MR) is 61.8 cm³/mol. The van der Waals surface area contributed by atoms with Crippen molar-refractivity contribution < 1.29 is 9.53 Å². The third-order valence-electron chi connectivity index (χ3n) is 4.59. The molecule has 2 saturated carbocycles. The van der Waals surface area contributed by atoms with Gasteiger partial charge in [0, 0.05) is 0 Å². The molecule has 0 amide bonds. The Labute approximate surface area is 97.1 Å². The lowest BCUT2D eigenvalue weighted by Gasteiger charge is -2.27. The Morgan fingerprint density at radius 3 is 2.56 bits per heavy atom. The molecule has 3 atom stereocenters. The van der Waals surface area contributed by atoms with Crippen LogP contribution < -0.4 is 0 Å². The molecule has 0 saturated heterocycles. The van der Waals surface area contributed by atoms with E-state index >= 15 is 0 Å². The van der Waals surface area contributed by atoms with Gasteiger partial charge in [0.2, 0.25) is 0 Å². The zero-order chi connectivity index (χ0) is 11.2. The fraction of sp³-hybridized carbons (Fsp3) is 0.786. The summed E-state index contributed by atoms with van der Waals surface area (Å²) in [6.07, 6.45) is 11.2. The maximum absolute atomic E-state index is 12.1. The second-order valence-electron chi connectivity index (χ2n) is 5.96. The van der Waals surface area contributed by atoms with E-state index in [2.05, 4.69) is 19.1 Å². The average molecular weight is 220 g/mol. The van der Waals surface area contributed by atoms with E-state index in [1.54, 1.807) is 0 Å². The van der Waals surface area contributed by atoms with Gasteiger partial charge in [-0.3, -0.25) is 4.79 Å². The van der Waals surface area contributed by atoms with Crippen molar-refractivity contribution >= 4 is 5.97 Å². The summed E-state index contributed by atoms with van der Waals surface area (Å²) in [5, 5.41) is 0. The van der Waals surface area contributed by atoms with Crippen LogP contribution in [0.3, 0.4) is 0 Å². The summed E-state index contributed by atoms with van der Waals surface area (Å²) in [5.74, 6) is 1.36. The highest BCUT2D eigenvalue weighted by molar-refractivity contribution is 5.74. The van der Waals surface area contributed by atoms with Crippen molar-refractivity contribution in [3.8, 4) is 0 Å². The van der Waals surface area contributed by atoms with Crippen LogP contribution in [0.5, 0.6) is 0 Å². The van der Waals surface area contributed by atoms with Crippen molar-refractivity contribution in [2.45, 2.75) is 51.0 Å². The Balaban J connectivity index is 1.63. The second-order valence-corrected chi connectivity index (χ2v) is 5.96. The molecule has 2 bridgehead atoms. The van der Waals surface area contributed by atoms with E-state index in [-0.39, 0.29) is 17.5 Å². The molecule has 0 aliphatic heterocycles. The van der Waals surface area contributed by atoms with Crippen molar-refractivity contribution in [1.29, 1.82) is 0 Å². The molecular weight excluding hydrogens is 200 g/mol. The van der Waals surface area contributed by atoms with Crippen molar-refractivity contribution in [3.63, 3.8) is 0 Å². The number of carbonyl (C=O) groups excluding carboxylic acids is 1. The molecular formula is C14H20O2. The highest BCUT2D eigenvalue weighted by Gasteiger charge is 2.43. The Kier molecular flexibility index (Phi) is 2.34. The van der Waals surface area contributed by atoms with Gasteiger partial charge in [-0.25, -0.2) is 0 Å². The fourth-order valence-electron chi connectivity index (χ4n) is 3.60. The Morgan fingerprint density at radius 2 is 2.00 bits per heavy atom. The minimum Gasteiger partial charge on any atom is -0.459 e. The summed E-state index contributed by atoms with van der Waals surface area (Å²) in [4.78, 5) is 12.1. The number of allylic oxidation sites excluding steroid dienone is 2. The lowest BCUT2D eigenvalue weighted by atomic mass is 9.93. The SMILES string of the molecule is CC1(OC(=O)C2C[C@@H]3C=C[C@@H]2C3)CCCC1. The van der Waals surface area contributed by atoms with Gasteiger partial charge in [0.25, 0.3) is 0 Å². The van der Waals surface area contributed by atoms with Crippen LogP contribution in [0.25, 0.3) is 0 Å². The van der Waals surface area contributed by atoms with E-state index < -0.39 is 0 Å². The van der Waals surface area contributed by atoms with E-state index in [4.69, 9.17) is 4.74 Å². The molecule has 2 nitrogen and oxygen atoms in total. The predicted octanol–water partition coefficient (Wildman–Crippen LogP) is 3.07. The average Bonchev–Trinajstić information content (AvgIpc) is 2.92. The molecule has 0 spiro atoms. The van der Waals surface area contributed by atoms with Gasteiger partial charge in [-0.1, -0.05) is 12.2 Å². The Hall–Kier alpha value is -0.790. The monoisotopic (exact) mass is 220 g/mol. The minimum absolute atomic E-state index is 0.0706. The van der Waals surface area contributed by atoms with Gasteiger partial charge < -0.3 is 4.74 Å². The van der Waals surface area contributed by atoms with Crippen LogP contribution in [0.4, 0.5) is 0 Å². The first-order chi connectivity index (χ1) is 7.66. The summed E-state index contributed by atoms with van der Waals surface area (Å²) < 4.78 is 5.76. The van der Waals surface area contributed by atoms with Crippen LogP contribution in [-0.4, -0.2) is 11.6 Å². The van der Waals surface area contributed by atoms with E-state index in [0.29, 0.717) is 11.8 Å². The van der Waals surface area contributed by atoms with Crippen LogP contribution in [0.2, 0.25) is 0 Å². The van der Waals surface area contributed by atoms with Crippen molar-refractivity contribution in [1.82, 2.24) is 0 Å². The molecule has 0 heterocycles. The van der Waals surface area contributed by atoms with Crippen molar-refractivity contribution in [3.05, 3.63) is 12.2 Å². The van der Waals surface area contributed by atoms with Gasteiger partial charge in [-0.15, -0.1) is 0 Å². The van der Waals surface area contributed by atoms with E-state index in [9.17, 15) is 4.79 Å². The molecule has 2 heteroatoms. The van der Waals surface area contributed by atoms with E-state index in [1.165, 1.54) is 19.3 Å². The minimum atomic E-state index is -0.150. The van der Waals surface area contributed by atoms with Gasteiger partial charge in [-0.05, 0) is 57.3 Å². The molecule has 16 heavy (non-hydrogen) atoms. The summed E-state index contributed by atoms with van der Waals surface area (Å²) in [6, 6.07) is 0. The topological polar surface area (TPSA) is 26.3 Å². The Bertz CT molecular complexity index is 326. The molecule has 3 aliphatic rings. The van der Waals surface area contributed by atoms with Crippen LogP contribution in [-0.2, 0) is 9.53 Å². The largest absolute Gasteiger partial charge is 0.459 e. The van der Waals surface area contributed by atoms with Gasteiger partial charge in [-0.2, -0.15) is 0 Å². The lowest BCUT2D eigenvalue weighted by molar-refractivity contribution is -0.163. The lowest BCUT2D eigenvalue weighted by Crippen LogP contribution is -2.33. The van der Waals surface area contributed by atoms with Gasteiger partial charge in [0.1, 0.15) is 5.60 Å². The summed E-state index contributed by atoms with van der Waals surface area (Å²) in [5.41, 5.74) is -0.150. The maximum atomic E-state index is 12.1. The van der Waals surface area contributed by atoms with Crippen LogP contribution in [0.15, 0.2) is 12.2 Å². The third-order valence-corrected chi connectivity index (χ3v) is 4.59. The first kappa shape index (κ1) is 10.4. The molecule has 0 N–H and O–H groups in total. The molecule has 1 unspecified atom stereocenters. The Morgan fingerprint density at radius 1 is 1.25 bits per heavy atom. The zero-order valence-corrected chi connectivity index (χ0v) is 9.95. The van der Waals surface area contributed by atoms with Crippen LogP contribution in [0.1, 0.15) is 45.4 Å². The number of hydrogen-bond acceptors (Lipinski definition) is 2. The molecule has 2 fully saturated rings. The normalized spacial score (nSPS) is 39.2. The number of carbonyl (C=O) groups is 1. The number of esters is 1. The molecule has 88 valence electrons. The number of rotatable bonds is 2. The van der Waals surface area contributed by atoms with Crippen LogP contribution in [0, 0.1) is 17.8 Å². The number of hydrogen-bond donors (Lipinski definition) is 0. The molecule has 0 aromatic heterocycles. The summed E-state index contributed by atoms with van der Waals surface area (Å²) in [7, 11) is 0. The molecule has 3 aliphatic carbocycles. The molecule has 0 aromatic carbocycles. The molecule has 0 aromatic rings. The van der Waals surface area contributed by atoms with Crippen molar-refractivity contribution in [2.24, 2.45) is 17.8 Å². The highest BCUT2D eigenvalue weighted by Crippen LogP contribution is 2.45. The van der Waals surface area contributed by atoms with E-state index in [0.717, 1.165) is 19.3 Å². The number of fused-ring (bicyclic) bond motifs is 2. The zero-order valence-electron chi connectivity index (χ0n) is 9.95. The first-order valence-corrected chi connectivity index (χ1v) is 6.57. The van der Waals surface area contributed by atoms with Crippen molar-refractivity contribution in [2.75, 3.05) is 0 Å². The van der Waals surface area contributed by atoms with Gasteiger partial charge in [0.05, 0.1) is 5.92 Å². The van der Waals surface area contributed by atoms with Crippen LogP contribution >= 0.6 is 0 Å². The highest BCUT2D eigenvalue weighted by atomic mass is 16.6. The third kappa shape index (κ3) is 1.68. The first-order valence-electron chi connectivity index (χ1n) is 6.57. The van der Waals surface area contributed by atoms with Gasteiger partial charge in [0.15, 0.2) is 0 Å². The fourth-order valence-corrected chi connectivity index (χ4v) is 3.60. The smallest absolute Gasteiger partial charge is 0.310 e. The second kappa shape index (κ2) is 3.61. The quantitative estimate of drug-likeness (QED) is 0.528. The summed E-state index contributed by atoms with van der Waals surface area (Å²) >= 11 is 0.